The average molecular weight is 339 g/mol. The number of aryl methyl sites for hydroxylation is 1. The SMILES string of the molecule is COc1ccc(CC(=O)O)cc1S(=O)(=O)N(C)c1ccn(C)n1. The van der Waals surface area contributed by atoms with Crippen LogP contribution in [0.2, 0.25) is 0 Å². The molecule has 0 amide bonds. The number of ether oxygens (including phenoxy) is 1. The zero-order valence-corrected chi connectivity index (χ0v) is 13.7. The molecule has 0 saturated carbocycles. The number of rotatable bonds is 6. The van der Waals surface area contributed by atoms with Crippen molar-refractivity contribution in [2.24, 2.45) is 7.05 Å². The lowest BCUT2D eigenvalue weighted by Crippen LogP contribution is -2.27. The van der Waals surface area contributed by atoms with Crippen molar-refractivity contribution in [3.63, 3.8) is 0 Å². The molecule has 0 spiro atoms. The number of aliphatic carboxylic acids is 1. The second kappa shape index (κ2) is 6.29. The van der Waals surface area contributed by atoms with E-state index in [1.807, 2.05) is 0 Å². The summed E-state index contributed by atoms with van der Waals surface area (Å²) in [5, 5.41) is 12.9. The fraction of sp³-hybridized carbons (Fsp3) is 0.286. The first-order valence-corrected chi connectivity index (χ1v) is 8.07. The maximum Gasteiger partial charge on any atom is 0.307 e. The minimum absolute atomic E-state index is 0.105. The lowest BCUT2D eigenvalue weighted by Gasteiger charge is -2.19. The molecule has 0 bridgehead atoms. The summed E-state index contributed by atoms with van der Waals surface area (Å²) in [5.41, 5.74) is 0.367. The van der Waals surface area contributed by atoms with Crippen molar-refractivity contribution in [1.82, 2.24) is 9.78 Å². The molecule has 0 radical (unpaired) electrons. The molecule has 1 N–H and O–H groups in total. The summed E-state index contributed by atoms with van der Waals surface area (Å²) in [6.07, 6.45) is 1.35. The van der Waals surface area contributed by atoms with Gasteiger partial charge < -0.3 is 9.84 Å². The van der Waals surface area contributed by atoms with Gasteiger partial charge in [0.1, 0.15) is 10.6 Å². The Morgan fingerprint density at radius 1 is 1.39 bits per heavy atom. The molecule has 0 fully saturated rings. The van der Waals surface area contributed by atoms with E-state index < -0.39 is 16.0 Å². The van der Waals surface area contributed by atoms with Crippen molar-refractivity contribution in [3.8, 4) is 5.75 Å². The molecule has 2 rings (SSSR count). The molecule has 1 aromatic carbocycles. The van der Waals surface area contributed by atoms with Crippen LogP contribution in [-0.4, -0.2) is 43.4 Å². The maximum atomic E-state index is 12.8. The van der Waals surface area contributed by atoms with Crippen molar-refractivity contribution in [2.45, 2.75) is 11.3 Å². The van der Waals surface area contributed by atoms with E-state index in [0.717, 1.165) is 4.31 Å². The maximum absolute atomic E-state index is 12.8. The first-order valence-electron chi connectivity index (χ1n) is 6.63. The number of aromatic nitrogens is 2. The third-order valence-electron chi connectivity index (χ3n) is 3.24. The van der Waals surface area contributed by atoms with E-state index in [4.69, 9.17) is 9.84 Å². The van der Waals surface area contributed by atoms with Crippen LogP contribution in [0.15, 0.2) is 35.4 Å². The number of sulfonamides is 1. The van der Waals surface area contributed by atoms with Crippen LogP contribution in [0.1, 0.15) is 5.56 Å². The van der Waals surface area contributed by atoms with Crippen LogP contribution in [0.25, 0.3) is 0 Å². The van der Waals surface area contributed by atoms with Gasteiger partial charge in [-0.05, 0) is 17.7 Å². The summed E-state index contributed by atoms with van der Waals surface area (Å²) in [7, 11) is 0.468. The average Bonchev–Trinajstić information content (AvgIpc) is 2.92. The van der Waals surface area contributed by atoms with Gasteiger partial charge in [0, 0.05) is 26.4 Å². The minimum atomic E-state index is -3.94. The Kier molecular flexibility index (Phi) is 4.60. The van der Waals surface area contributed by atoms with Crippen molar-refractivity contribution >= 4 is 21.8 Å². The smallest absolute Gasteiger partial charge is 0.307 e. The predicted molar refractivity (Wildman–Crippen MR) is 83.1 cm³/mol. The van der Waals surface area contributed by atoms with Crippen molar-refractivity contribution < 1.29 is 23.1 Å². The first kappa shape index (κ1) is 16.8. The van der Waals surface area contributed by atoms with E-state index in [2.05, 4.69) is 5.10 Å². The number of carboxylic acids is 1. The van der Waals surface area contributed by atoms with Gasteiger partial charge >= 0.3 is 5.97 Å². The molecule has 0 atom stereocenters. The van der Waals surface area contributed by atoms with E-state index in [9.17, 15) is 13.2 Å². The van der Waals surface area contributed by atoms with Gasteiger partial charge in [-0.1, -0.05) is 6.07 Å². The van der Waals surface area contributed by atoms with Gasteiger partial charge in [-0.15, -0.1) is 0 Å². The summed E-state index contributed by atoms with van der Waals surface area (Å²) in [6.45, 7) is 0. The zero-order valence-electron chi connectivity index (χ0n) is 12.9. The summed E-state index contributed by atoms with van der Waals surface area (Å²) in [5.74, 6) is -0.656. The lowest BCUT2D eigenvalue weighted by molar-refractivity contribution is -0.136. The van der Waals surface area contributed by atoms with Crippen LogP contribution in [0, 0.1) is 0 Å². The van der Waals surface area contributed by atoms with Gasteiger partial charge in [-0.2, -0.15) is 5.10 Å². The van der Waals surface area contributed by atoms with Crippen LogP contribution in [0.5, 0.6) is 5.75 Å². The quantitative estimate of drug-likeness (QED) is 0.838. The fourth-order valence-corrected chi connectivity index (χ4v) is 3.39. The normalized spacial score (nSPS) is 11.3. The van der Waals surface area contributed by atoms with Crippen molar-refractivity contribution in [2.75, 3.05) is 18.5 Å². The van der Waals surface area contributed by atoms with E-state index in [1.165, 1.54) is 37.0 Å². The third kappa shape index (κ3) is 3.45. The molecule has 1 aromatic heterocycles. The van der Waals surface area contributed by atoms with Gasteiger partial charge in [0.15, 0.2) is 5.82 Å². The highest BCUT2D eigenvalue weighted by molar-refractivity contribution is 7.92. The van der Waals surface area contributed by atoms with Crippen LogP contribution >= 0.6 is 0 Å². The number of hydrogen-bond acceptors (Lipinski definition) is 5. The molecule has 0 aliphatic carbocycles. The molecule has 0 aliphatic heterocycles. The Labute approximate surface area is 134 Å². The second-order valence-corrected chi connectivity index (χ2v) is 6.81. The van der Waals surface area contributed by atoms with Crippen molar-refractivity contribution in [3.05, 3.63) is 36.0 Å². The van der Waals surface area contributed by atoms with Crippen molar-refractivity contribution in [1.29, 1.82) is 0 Å². The molecule has 124 valence electrons. The molecule has 0 unspecified atom stereocenters. The number of carboxylic acid groups (broad SMARTS) is 1. The van der Waals surface area contributed by atoms with Gasteiger partial charge in [0.25, 0.3) is 10.0 Å². The summed E-state index contributed by atoms with van der Waals surface area (Å²) in [6, 6.07) is 5.83. The summed E-state index contributed by atoms with van der Waals surface area (Å²) < 4.78 is 33.2. The molecular formula is C14H17N3O5S. The predicted octanol–water partition coefficient (Wildman–Crippen LogP) is 0.881. The van der Waals surface area contributed by atoms with Crippen LogP contribution in [-0.2, 0) is 28.3 Å². The molecule has 23 heavy (non-hydrogen) atoms. The summed E-state index contributed by atoms with van der Waals surface area (Å²) >= 11 is 0. The van der Waals surface area contributed by atoms with Gasteiger partial charge in [0.2, 0.25) is 0 Å². The van der Waals surface area contributed by atoms with Gasteiger partial charge in [-0.25, -0.2) is 8.42 Å². The Morgan fingerprint density at radius 2 is 2.09 bits per heavy atom. The highest BCUT2D eigenvalue weighted by atomic mass is 32.2. The molecule has 0 saturated heterocycles. The largest absolute Gasteiger partial charge is 0.495 e. The molecule has 1 heterocycles. The van der Waals surface area contributed by atoms with E-state index in [1.54, 1.807) is 19.3 Å². The molecule has 9 heteroatoms. The Morgan fingerprint density at radius 3 is 2.61 bits per heavy atom. The highest BCUT2D eigenvalue weighted by Gasteiger charge is 2.27. The fourth-order valence-electron chi connectivity index (χ4n) is 2.05. The van der Waals surface area contributed by atoms with Gasteiger partial charge in [0.05, 0.1) is 13.5 Å². The molecule has 0 aliphatic rings. The number of carbonyl (C=O) groups is 1. The zero-order chi connectivity index (χ0) is 17.2. The number of benzene rings is 1. The standard InChI is InChI=1S/C14H17N3O5S/c1-16-7-6-13(15-16)17(2)23(20,21)12-8-10(9-14(18)19)4-5-11(12)22-3/h4-8H,9H2,1-3H3,(H,18,19). The minimum Gasteiger partial charge on any atom is -0.495 e. The first-order chi connectivity index (χ1) is 10.8. The monoisotopic (exact) mass is 339 g/mol. The Hall–Kier alpha value is -2.55. The van der Waals surface area contributed by atoms with Crippen LogP contribution < -0.4 is 9.04 Å². The van der Waals surface area contributed by atoms with Crippen LogP contribution in [0.4, 0.5) is 5.82 Å². The lowest BCUT2D eigenvalue weighted by atomic mass is 10.1. The second-order valence-electron chi connectivity index (χ2n) is 4.88. The van der Waals surface area contributed by atoms with E-state index in [-0.39, 0.29) is 22.9 Å². The Bertz CT molecular complexity index is 829. The summed E-state index contributed by atoms with van der Waals surface area (Å²) in [4.78, 5) is 10.7. The van der Waals surface area contributed by atoms with Crippen LogP contribution in [0.3, 0.4) is 0 Å². The number of nitrogens with zero attached hydrogens (tertiary/aromatic N) is 3. The number of hydrogen-bond donors (Lipinski definition) is 1. The molecule has 8 nitrogen and oxygen atoms in total. The molecule has 2 aromatic rings. The number of anilines is 1. The third-order valence-corrected chi connectivity index (χ3v) is 5.03. The molecular weight excluding hydrogens is 322 g/mol. The topological polar surface area (TPSA) is 102 Å². The van der Waals surface area contributed by atoms with Gasteiger partial charge in [-0.3, -0.25) is 13.8 Å². The highest BCUT2D eigenvalue weighted by Crippen LogP contribution is 2.29. The van der Waals surface area contributed by atoms with E-state index in [0.29, 0.717) is 5.56 Å². The van der Waals surface area contributed by atoms with E-state index >= 15 is 0 Å². The number of methoxy groups -OCH3 is 1. The Balaban J connectivity index is 2.50.